The van der Waals surface area contributed by atoms with Gasteiger partial charge in [0.25, 0.3) is 0 Å². The molecule has 0 N–H and O–H groups in total. The van der Waals surface area contributed by atoms with Crippen LogP contribution in [-0.2, 0) is 17.5 Å². The fourth-order valence-electron chi connectivity index (χ4n) is 4.77. The summed E-state index contributed by atoms with van der Waals surface area (Å²) in [4.78, 5) is 34.3. The largest absolute Gasteiger partial charge is 0.434 e. The predicted molar refractivity (Wildman–Crippen MR) is 160 cm³/mol. The molecule has 0 aliphatic heterocycles. The van der Waals surface area contributed by atoms with Crippen molar-refractivity contribution < 1.29 is 31.5 Å². The Morgan fingerprint density at radius 3 is 2.44 bits per heavy atom. The van der Waals surface area contributed by atoms with Crippen molar-refractivity contribution in [3.63, 3.8) is 0 Å². The maximum Gasteiger partial charge on any atom is 0.434 e. The molecule has 0 saturated heterocycles. The second kappa shape index (κ2) is 13.0. The van der Waals surface area contributed by atoms with E-state index in [2.05, 4.69) is 35.9 Å². The van der Waals surface area contributed by atoms with E-state index < -0.39 is 18.5 Å². The number of halogens is 6. The van der Waals surface area contributed by atoms with E-state index in [9.17, 15) is 26.7 Å². The first-order chi connectivity index (χ1) is 21.3. The van der Waals surface area contributed by atoms with Crippen LogP contribution in [-0.4, -0.2) is 49.4 Å². The molecule has 15 heteroatoms. The summed E-state index contributed by atoms with van der Waals surface area (Å²) in [5.41, 5.74) is 1.47. The van der Waals surface area contributed by atoms with Crippen LogP contribution in [0, 0.1) is 0 Å². The molecule has 1 aromatic carbocycles. The Morgan fingerprint density at radius 2 is 1.84 bits per heavy atom. The van der Waals surface area contributed by atoms with Gasteiger partial charge in [0.1, 0.15) is 23.5 Å². The van der Waals surface area contributed by atoms with Gasteiger partial charge < -0.3 is 14.2 Å². The van der Waals surface area contributed by atoms with Gasteiger partial charge in [-0.1, -0.05) is 24.3 Å². The first-order valence-electron chi connectivity index (χ1n) is 13.8. The second-order valence-corrected chi connectivity index (χ2v) is 11.6. The van der Waals surface area contributed by atoms with E-state index in [0.29, 0.717) is 28.9 Å². The zero-order valence-electron chi connectivity index (χ0n) is 24.3. The van der Waals surface area contributed by atoms with Gasteiger partial charge in [-0.3, -0.25) is 4.79 Å². The molecular formula is C30H27BrF5N7O2. The fraction of sp³-hybridized carbons (Fsp3) is 0.333. The summed E-state index contributed by atoms with van der Waals surface area (Å²) >= 11 is 3.18. The molecule has 0 unspecified atom stereocenters. The summed E-state index contributed by atoms with van der Waals surface area (Å²) < 4.78 is 73.1. The Bertz CT molecular complexity index is 1720. The van der Waals surface area contributed by atoms with Crippen molar-refractivity contribution in [3.05, 3.63) is 70.0 Å². The van der Waals surface area contributed by atoms with E-state index >= 15 is 0 Å². The minimum absolute atomic E-state index is 0.0357. The topological polar surface area (TPSA) is 98.9 Å². The number of imidazole rings is 1. The van der Waals surface area contributed by atoms with E-state index in [4.69, 9.17) is 9.72 Å². The summed E-state index contributed by atoms with van der Waals surface area (Å²) in [6.07, 6.45) is 2.83. The van der Waals surface area contributed by atoms with Gasteiger partial charge in [0.15, 0.2) is 17.8 Å². The van der Waals surface area contributed by atoms with Gasteiger partial charge in [-0.25, -0.2) is 24.9 Å². The van der Waals surface area contributed by atoms with E-state index in [0.717, 1.165) is 24.6 Å². The summed E-state index contributed by atoms with van der Waals surface area (Å²) in [7, 11) is 1.74. The Kier molecular flexibility index (Phi) is 9.28. The first-order valence-corrected chi connectivity index (χ1v) is 14.6. The smallest absolute Gasteiger partial charge is 0.416 e. The molecule has 4 aromatic rings. The highest BCUT2D eigenvalue weighted by atomic mass is 79.9. The molecule has 9 nitrogen and oxygen atoms in total. The Hall–Kier alpha value is -4.27. The lowest BCUT2D eigenvalue weighted by Crippen LogP contribution is -2.20. The maximum absolute atomic E-state index is 13.4. The normalized spacial score (nSPS) is 13.9. The van der Waals surface area contributed by atoms with Crippen LogP contribution in [0.3, 0.4) is 0 Å². The molecule has 0 spiro atoms. The quantitative estimate of drug-likeness (QED) is 0.0909. The van der Waals surface area contributed by atoms with Crippen LogP contribution in [0.25, 0.3) is 28.9 Å². The van der Waals surface area contributed by atoms with Gasteiger partial charge in [0, 0.05) is 49.1 Å². The third-order valence-corrected chi connectivity index (χ3v) is 7.42. The van der Waals surface area contributed by atoms with E-state index in [-0.39, 0.29) is 46.1 Å². The number of aldehydes is 1. The van der Waals surface area contributed by atoms with Crippen LogP contribution in [0.5, 0.6) is 5.88 Å². The van der Waals surface area contributed by atoms with Crippen LogP contribution < -0.4 is 9.64 Å². The van der Waals surface area contributed by atoms with Crippen molar-refractivity contribution >= 4 is 34.1 Å². The maximum atomic E-state index is 13.4. The standard InChI is InChI=1S/C30H27BrF5N7O2/c1-16(2)43-13-22(30(34,35)36)40-27(43)19-6-4-17(5-7-19)12-42(3)26-20(10-21(31)14-44)11-37-25(41-26)23-24(18-8-9-18)38-15-39-28(23)45-29(32)33/h4-7,10-11,13-16,18,29H,8-9,12H2,1-3H3/b21-10+. The zero-order valence-corrected chi connectivity index (χ0v) is 25.9. The molecule has 3 aromatic heterocycles. The monoisotopic (exact) mass is 691 g/mol. The number of nitrogens with zero attached hydrogens (tertiary/aromatic N) is 7. The van der Waals surface area contributed by atoms with E-state index in [1.54, 1.807) is 50.1 Å². The SMILES string of the molecule is CC(C)n1cc(C(F)(F)F)nc1-c1ccc(CN(C)c2nc(-c3c(OC(F)F)ncnc3C3CC3)ncc2/C=C(/Br)C=O)cc1. The summed E-state index contributed by atoms with van der Waals surface area (Å²) in [5.74, 6) is 0.333. The van der Waals surface area contributed by atoms with Crippen molar-refractivity contribution in [2.45, 2.75) is 58.0 Å². The molecule has 0 amide bonds. The summed E-state index contributed by atoms with van der Waals surface area (Å²) in [5, 5.41) is 0. The van der Waals surface area contributed by atoms with Gasteiger partial charge in [-0.2, -0.15) is 22.0 Å². The molecule has 1 aliphatic rings. The van der Waals surface area contributed by atoms with Crippen LogP contribution in [0.15, 0.2) is 47.5 Å². The van der Waals surface area contributed by atoms with Crippen molar-refractivity contribution in [2.75, 3.05) is 11.9 Å². The molecule has 0 atom stereocenters. The number of anilines is 1. The van der Waals surface area contributed by atoms with Crippen LogP contribution in [0.4, 0.5) is 27.8 Å². The van der Waals surface area contributed by atoms with Gasteiger partial charge in [0.05, 0.1) is 10.2 Å². The molecule has 0 radical (unpaired) electrons. The third kappa shape index (κ3) is 7.35. The first kappa shape index (κ1) is 32.1. The highest BCUT2D eigenvalue weighted by molar-refractivity contribution is 9.12. The number of allylic oxidation sites excluding steroid dienone is 1. The number of benzene rings is 1. The minimum atomic E-state index is -4.57. The van der Waals surface area contributed by atoms with Crippen molar-refractivity contribution in [1.82, 2.24) is 29.5 Å². The number of ether oxygens (including phenoxy) is 1. The number of hydrogen-bond donors (Lipinski definition) is 0. The third-order valence-electron chi connectivity index (χ3n) is 7.00. The average Bonchev–Trinajstić information content (AvgIpc) is 3.73. The molecule has 0 bridgehead atoms. The number of rotatable bonds is 11. The zero-order chi connectivity index (χ0) is 32.5. The fourth-order valence-corrected chi connectivity index (χ4v) is 5.02. The van der Waals surface area contributed by atoms with Gasteiger partial charge in [-0.05, 0) is 54.3 Å². The number of alkyl halides is 5. The van der Waals surface area contributed by atoms with Crippen molar-refractivity contribution in [2.24, 2.45) is 0 Å². The average molecular weight is 692 g/mol. The molecule has 45 heavy (non-hydrogen) atoms. The molecule has 5 rings (SSSR count). The van der Waals surface area contributed by atoms with Gasteiger partial charge in [0.2, 0.25) is 5.88 Å². The lowest BCUT2D eigenvalue weighted by Gasteiger charge is -2.22. The summed E-state index contributed by atoms with van der Waals surface area (Å²) in [6, 6.07) is 6.67. The summed E-state index contributed by atoms with van der Waals surface area (Å²) in [6.45, 7) is 0.707. The molecule has 3 heterocycles. The number of hydrogen-bond acceptors (Lipinski definition) is 8. The molecule has 1 aliphatic carbocycles. The molecule has 236 valence electrons. The lowest BCUT2D eigenvalue weighted by molar-refractivity contribution is -0.140. The lowest BCUT2D eigenvalue weighted by atomic mass is 10.1. The van der Waals surface area contributed by atoms with Crippen LogP contribution >= 0.6 is 15.9 Å². The molecule has 1 saturated carbocycles. The van der Waals surface area contributed by atoms with E-state index in [1.807, 2.05) is 0 Å². The highest BCUT2D eigenvalue weighted by Gasteiger charge is 2.35. The highest BCUT2D eigenvalue weighted by Crippen LogP contribution is 2.45. The molecular weight excluding hydrogens is 665 g/mol. The Labute approximate surface area is 263 Å². The van der Waals surface area contributed by atoms with Crippen LogP contribution in [0.2, 0.25) is 0 Å². The Balaban J connectivity index is 1.50. The predicted octanol–water partition coefficient (Wildman–Crippen LogP) is 7.45. The van der Waals surface area contributed by atoms with Crippen molar-refractivity contribution in [1.29, 1.82) is 0 Å². The second-order valence-electron chi connectivity index (χ2n) is 10.7. The van der Waals surface area contributed by atoms with Gasteiger partial charge >= 0.3 is 12.8 Å². The van der Waals surface area contributed by atoms with Gasteiger partial charge in [-0.15, -0.1) is 0 Å². The van der Waals surface area contributed by atoms with Crippen LogP contribution in [0.1, 0.15) is 61.2 Å². The Morgan fingerprint density at radius 1 is 1.13 bits per heavy atom. The minimum Gasteiger partial charge on any atom is -0.416 e. The van der Waals surface area contributed by atoms with E-state index in [1.165, 1.54) is 23.2 Å². The van der Waals surface area contributed by atoms with Crippen molar-refractivity contribution in [3.8, 4) is 28.7 Å². The molecule has 1 fully saturated rings. The number of carbonyl (C=O) groups excluding carboxylic acids is 1. The number of aromatic nitrogens is 6. The number of carbonyl (C=O) groups is 1.